The molecule has 1 atom stereocenters. The summed E-state index contributed by atoms with van der Waals surface area (Å²) in [5.74, 6) is 2.75. The van der Waals surface area contributed by atoms with Crippen molar-refractivity contribution < 1.29 is 14.1 Å². The van der Waals surface area contributed by atoms with Gasteiger partial charge in [0.25, 0.3) is 0 Å². The highest BCUT2D eigenvalue weighted by atomic mass is 16.5. The summed E-state index contributed by atoms with van der Waals surface area (Å²) < 4.78 is 11.2. The molecule has 1 aromatic heterocycles. The van der Waals surface area contributed by atoms with Crippen molar-refractivity contribution >= 4 is 5.91 Å². The Hall–Kier alpha value is -1.47. The maximum absolute atomic E-state index is 13.0. The van der Waals surface area contributed by atoms with E-state index in [2.05, 4.69) is 26.9 Å². The molecule has 2 saturated heterocycles. The number of carbonyl (C=O) groups is 1. The smallest absolute Gasteiger partial charge is 0.243 e. The molecule has 5 rings (SSSR count). The molecule has 0 bridgehead atoms. The molecule has 4 aliphatic rings. The van der Waals surface area contributed by atoms with E-state index in [4.69, 9.17) is 9.26 Å². The van der Waals surface area contributed by atoms with E-state index in [0.29, 0.717) is 11.8 Å². The van der Waals surface area contributed by atoms with Gasteiger partial charge in [-0.05, 0) is 51.9 Å². The van der Waals surface area contributed by atoms with Gasteiger partial charge in [-0.2, -0.15) is 4.98 Å². The Morgan fingerprint density at radius 3 is 2.59 bits per heavy atom. The fourth-order valence-corrected chi connectivity index (χ4v) is 4.70. The zero-order valence-corrected chi connectivity index (χ0v) is 16.2. The zero-order valence-electron chi connectivity index (χ0n) is 16.2. The van der Waals surface area contributed by atoms with Crippen LogP contribution in [0, 0.1) is 5.92 Å². The first-order valence-corrected chi connectivity index (χ1v) is 10.6. The van der Waals surface area contributed by atoms with Crippen molar-refractivity contribution in [2.45, 2.75) is 69.4 Å². The first kappa shape index (κ1) is 17.6. The second-order valence-corrected chi connectivity index (χ2v) is 8.83. The third kappa shape index (κ3) is 3.40. The highest BCUT2D eigenvalue weighted by Gasteiger charge is 2.47. The van der Waals surface area contributed by atoms with Crippen LogP contribution in [0.2, 0.25) is 0 Å². The molecule has 7 nitrogen and oxygen atoms in total. The molecule has 0 N–H and O–H groups in total. The van der Waals surface area contributed by atoms with Crippen molar-refractivity contribution in [1.82, 2.24) is 19.9 Å². The summed E-state index contributed by atoms with van der Waals surface area (Å²) in [5, 5.41) is 4.18. The van der Waals surface area contributed by atoms with Gasteiger partial charge in [-0.25, -0.2) is 0 Å². The SMILES string of the molecule is CC(c1nc(C2CC2)no1)N1CCN(C(=O)C2CC2)C2(CCOCC2)CC1. The number of carbonyl (C=O) groups excluding carboxylic acids is 1. The van der Waals surface area contributed by atoms with Crippen LogP contribution in [-0.4, -0.2) is 64.2 Å². The minimum absolute atomic E-state index is 0.0274. The van der Waals surface area contributed by atoms with Gasteiger partial charge in [-0.3, -0.25) is 9.69 Å². The standard InChI is InChI=1S/C20H30N4O3/c1-14(18-21-17(22-27-18)15-2-3-15)23-9-6-20(7-12-26-13-8-20)24(11-10-23)19(25)16-4-5-16/h14-16H,2-13H2,1H3. The van der Waals surface area contributed by atoms with E-state index in [-0.39, 0.29) is 17.5 Å². The van der Waals surface area contributed by atoms with E-state index in [1.165, 1.54) is 12.8 Å². The highest BCUT2D eigenvalue weighted by molar-refractivity contribution is 5.82. The number of rotatable bonds is 4. The van der Waals surface area contributed by atoms with Crippen molar-refractivity contribution in [3.63, 3.8) is 0 Å². The fourth-order valence-electron chi connectivity index (χ4n) is 4.70. The maximum Gasteiger partial charge on any atom is 0.243 e. The van der Waals surface area contributed by atoms with Crippen LogP contribution in [0.3, 0.4) is 0 Å². The Bertz CT molecular complexity index is 691. The third-order valence-corrected chi connectivity index (χ3v) is 6.97. The molecule has 7 heteroatoms. The molecule has 1 aromatic rings. The molecule has 2 aliphatic carbocycles. The van der Waals surface area contributed by atoms with Crippen molar-refractivity contribution in [3.8, 4) is 0 Å². The summed E-state index contributed by atoms with van der Waals surface area (Å²) >= 11 is 0. The molecule has 1 amide bonds. The predicted molar refractivity (Wildman–Crippen MR) is 98.1 cm³/mol. The first-order valence-electron chi connectivity index (χ1n) is 10.6. The molecule has 4 fully saturated rings. The van der Waals surface area contributed by atoms with E-state index in [0.717, 1.165) is 76.7 Å². The molecular weight excluding hydrogens is 344 g/mol. The Labute approximate surface area is 160 Å². The molecule has 3 heterocycles. The number of aromatic nitrogens is 2. The van der Waals surface area contributed by atoms with Gasteiger partial charge in [0, 0.05) is 50.2 Å². The molecule has 0 aromatic carbocycles. The van der Waals surface area contributed by atoms with Crippen LogP contribution in [0.1, 0.15) is 75.5 Å². The van der Waals surface area contributed by atoms with E-state index < -0.39 is 0 Å². The van der Waals surface area contributed by atoms with Crippen LogP contribution in [0.5, 0.6) is 0 Å². The lowest BCUT2D eigenvalue weighted by atomic mass is 9.84. The third-order valence-electron chi connectivity index (χ3n) is 6.97. The largest absolute Gasteiger partial charge is 0.381 e. The maximum atomic E-state index is 13.0. The van der Waals surface area contributed by atoms with E-state index in [1.54, 1.807) is 0 Å². The van der Waals surface area contributed by atoms with Crippen LogP contribution < -0.4 is 0 Å². The van der Waals surface area contributed by atoms with Crippen LogP contribution in [0.25, 0.3) is 0 Å². The average molecular weight is 374 g/mol. The topological polar surface area (TPSA) is 71.7 Å². The quantitative estimate of drug-likeness (QED) is 0.806. The first-order chi connectivity index (χ1) is 13.2. The second-order valence-electron chi connectivity index (χ2n) is 8.83. The number of nitrogens with zero attached hydrogens (tertiary/aromatic N) is 4. The predicted octanol–water partition coefficient (Wildman–Crippen LogP) is 2.50. The highest BCUT2D eigenvalue weighted by Crippen LogP contribution is 2.41. The molecule has 2 saturated carbocycles. The molecule has 27 heavy (non-hydrogen) atoms. The summed E-state index contributed by atoms with van der Waals surface area (Å²) in [6.45, 7) is 6.29. The lowest BCUT2D eigenvalue weighted by molar-refractivity contribution is -0.143. The van der Waals surface area contributed by atoms with Crippen LogP contribution in [0.4, 0.5) is 0 Å². The van der Waals surface area contributed by atoms with Gasteiger partial charge in [-0.1, -0.05) is 5.16 Å². The Kier molecular flexibility index (Phi) is 4.47. The normalized spacial score (nSPS) is 27.5. The number of ether oxygens (including phenoxy) is 1. The van der Waals surface area contributed by atoms with E-state index in [9.17, 15) is 4.79 Å². The minimum Gasteiger partial charge on any atom is -0.381 e. The van der Waals surface area contributed by atoms with Crippen molar-refractivity contribution in [2.75, 3.05) is 32.8 Å². The fraction of sp³-hybridized carbons (Fsp3) is 0.850. The molecule has 0 radical (unpaired) electrons. The van der Waals surface area contributed by atoms with E-state index >= 15 is 0 Å². The summed E-state index contributed by atoms with van der Waals surface area (Å²) in [4.78, 5) is 22.3. The number of hydrogen-bond acceptors (Lipinski definition) is 6. The van der Waals surface area contributed by atoms with Gasteiger partial charge in [0.2, 0.25) is 11.8 Å². The summed E-state index contributed by atoms with van der Waals surface area (Å²) in [5.41, 5.74) is -0.0274. The molecule has 148 valence electrons. The van der Waals surface area contributed by atoms with Crippen LogP contribution in [0.15, 0.2) is 4.52 Å². The van der Waals surface area contributed by atoms with Gasteiger partial charge in [-0.15, -0.1) is 0 Å². The van der Waals surface area contributed by atoms with Crippen molar-refractivity contribution in [3.05, 3.63) is 11.7 Å². The van der Waals surface area contributed by atoms with Crippen molar-refractivity contribution in [1.29, 1.82) is 0 Å². The van der Waals surface area contributed by atoms with Gasteiger partial charge in [0.05, 0.1) is 6.04 Å². The summed E-state index contributed by atoms with van der Waals surface area (Å²) in [6.07, 6.45) is 7.41. The second kappa shape index (κ2) is 6.85. The zero-order chi connectivity index (χ0) is 18.4. The summed E-state index contributed by atoms with van der Waals surface area (Å²) in [6, 6.07) is 0.0952. The number of amides is 1. The molecule has 1 spiro atoms. The van der Waals surface area contributed by atoms with Crippen LogP contribution >= 0.6 is 0 Å². The van der Waals surface area contributed by atoms with E-state index in [1.807, 2.05) is 0 Å². The van der Waals surface area contributed by atoms with Gasteiger partial charge in [0.15, 0.2) is 5.82 Å². The Morgan fingerprint density at radius 1 is 1.11 bits per heavy atom. The van der Waals surface area contributed by atoms with Gasteiger partial charge in [0.1, 0.15) is 0 Å². The molecular formula is C20H30N4O3. The summed E-state index contributed by atoms with van der Waals surface area (Å²) in [7, 11) is 0. The Balaban J connectivity index is 1.33. The average Bonchev–Trinajstić information content (AvgIpc) is 3.61. The van der Waals surface area contributed by atoms with Gasteiger partial charge < -0.3 is 14.2 Å². The van der Waals surface area contributed by atoms with Crippen LogP contribution in [-0.2, 0) is 9.53 Å². The minimum atomic E-state index is -0.0274. The Morgan fingerprint density at radius 2 is 1.89 bits per heavy atom. The molecule has 2 aliphatic heterocycles. The van der Waals surface area contributed by atoms with Gasteiger partial charge >= 0.3 is 0 Å². The van der Waals surface area contributed by atoms with Crippen molar-refractivity contribution in [2.24, 2.45) is 5.92 Å². The number of hydrogen-bond donors (Lipinski definition) is 0. The lowest BCUT2D eigenvalue weighted by Crippen LogP contribution is -2.55. The monoisotopic (exact) mass is 374 g/mol. The molecule has 1 unspecified atom stereocenters. The lowest BCUT2D eigenvalue weighted by Gasteiger charge is -2.45.